The Balaban J connectivity index is 2.53. The Morgan fingerprint density at radius 2 is 1.91 bits per heavy atom. The Morgan fingerprint density at radius 3 is 2.48 bits per heavy atom. The maximum atomic E-state index is 9.51. The van der Waals surface area contributed by atoms with Crippen LogP contribution in [-0.2, 0) is 0 Å². The number of ether oxygens (including phenoxy) is 1. The highest BCUT2D eigenvalue weighted by atomic mass is 16.5. The molecule has 0 unspecified atom stereocenters. The lowest BCUT2D eigenvalue weighted by atomic mass is 9.94. The van der Waals surface area contributed by atoms with E-state index in [9.17, 15) is 5.26 Å². The van der Waals surface area contributed by atoms with Crippen molar-refractivity contribution in [1.29, 1.82) is 5.26 Å². The number of rotatable bonds is 5. The van der Waals surface area contributed by atoms with Gasteiger partial charge in [-0.25, -0.2) is 0 Å². The van der Waals surface area contributed by atoms with Gasteiger partial charge in [0.2, 0.25) is 0 Å². The average molecular weight is 305 g/mol. The first kappa shape index (κ1) is 16.8. The van der Waals surface area contributed by atoms with Crippen molar-refractivity contribution in [2.75, 3.05) is 6.61 Å². The van der Waals surface area contributed by atoms with Gasteiger partial charge in [0.15, 0.2) is 0 Å². The summed E-state index contributed by atoms with van der Waals surface area (Å²) in [6.07, 6.45) is 1.96. The molecule has 2 aromatic rings. The van der Waals surface area contributed by atoms with Gasteiger partial charge in [-0.3, -0.25) is 0 Å². The Morgan fingerprint density at radius 1 is 1.22 bits per heavy atom. The molecule has 0 saturated heterocycles. The van der Waals surface area contributed by atoms with Gasteiger partial charge in [0.25, 0.3) is 0 Å². The molecule has 0 aliphatic carbocycles. The predicted octanol–water partition coefficient (Wildman–Crippen LogP) is 5.58. The first-order chi connectivity index (χ1) is 11.1. The van der Waals surface area contributed by atoms with Gasteiger partial charge in [0, 0.05) is 0 Å². The molecule has 0 amide bonds. The summed E-state index contributed by atoms with van der Waals surface area (Å²) in [7, 11) is 0. The SMILES string of the molecule is CCOc1cc(C)c(/C=C(\C#N)c2ccccc2)cc1C(C)C. The number of allylic oxidation sites excluding steroid dienone is 1. The number of nitriles is 1. The van der Waals surface area contributed by atoms with E-state index in [0.717, 1.165) is 22.4 Å². The molecule has 0 aliphatic heterocycles. The van der Waals surface area contributed by atoms with E-state index in [1.54, 1.807) is 0 Å². The number of hydrogen-bond acceptors (Lipinski definition) is 2. The van der Waals surface area contributed by atoms with Crippen LogP contribution in [0.25, 0.3) is 11.6 Å². The maximum absolute atomic E-state index is 9.51. The monoisotopic (exact) mass is 305 g/mol. The van der Waals surface area contributed by atoms with Gasteiger partial charge in [-0.1, -0.05) is 44.2 Å². The van der Waals surface area contributed by atoms with Crippen LogP contribution in [0.15, 0.2) is 42.5 Å². The topological polar surface area (TPSA) is 33.0 Å². The van der Waals surface area contributed by atoms with Gasteiger partial charge in [0.05, 0.1) is 18.2 Å². The number of benzene rings is 2. The van der Waals surface area contributed by atoms with E-state index < -0.39 is 0 Å². The molecule has 0 aromatic heterocycles. The van der Waals surface area contributed by atoms with Gasteiger partial charge in [-0.2, -0.15) is 5.26 Å². The molecule has 23 heavy (non-hydrogen) atoms. The highest BCUT2D eigenvalue weighted by molar-refractivity contribution is 5.90. The van der Waals surface area contributed by atoms with Crippen LogP contribution >= 0.6 is 0 Å². The van der Waals surface area contributed by atoms with Gasteiger partial charge >= 0.3 is 0 Å². The minimum atomic E-state index is 0.367. The molecule has 0 fully saturated rings. The summed E-state index contributed by atoms with van der Waals surface area (Å²) in [4.78, 5) is 0. The molecule has 0 aliphatic rings. The van der Waals surface area contributed by atoms with Crippen LogP contribution in [0.1, 0.15) is 48.9 Å². The van der Waals surface area contributed by atoms with Crippen molar-refractivity contribution in [2.24, 2.45) is 0 Å². The van der Waals surface area contributed by atoms with Crippen molar-refractivity contribution in [3.05, 3.63) is 64.7 Å². The van der Waals surface area contributed by atoms with Crippen molar-refractivity contribution >= 4 is 11.6 Å². The third-order valence-electron chi connectivity index (χ3n) is 3.83. The third kappa shape index (κ3) is 4.02. The zero-order valence-electron chi connectivity index (χ0n) is 14.3. The molecule has 0 radical (unpaired) electrons. The summed E-state index contributed by atoms with van der Waals surface area (Å²) in [5.74, 6) is 1.31. The normalized spacial score (nSPS) is 11.4. The summed E-state index contributed by atoms with van der Waals surface area (Å²) in [6, 6.07) is 16.3. The molecule has 2 aromatic carbocycles. The lowest BCUT2D eigenvalue weighted by Gasteiger charge is -2.16. The average Bonchev–Trinajstić information content (AvgIpc) is 2.55. The van der Waals surface area contributed by atoms with E-state index in [4.69, 9.17) is 4.74 Å². The Hall–Kier alpha value is -2.53. The standard InChI is InChI=1S/C21H23NO/c1-5-23-21-11-16(4)18(13-20(21)15(2)3)12-19(14-22)17-9-7-6-8-10-17/h6-13,15H,5H2,1-4H3/b19-12+. The highest BCUT2D eigenvalue weighted by Crippen LogP contribution is 2.31. The van der Waals surface area contributed by atoms with Gasteiger partial charge in [0.1, 0.15) is 5.75 Å². The van der Waals surface area contributed by atoms with Crippen molar-refractivity contribution in [3.63, 3.8) is 0 Å². The molecule has 2 rings (SSSR count). The summed E-state index contributed by atoms with van der Waals surface area (Å²) in [5.41, 5.74) is 4.97. The minimum Gasteiger partial charge on any atom is -0.494 e. The van der Waals surface area contributed by atoms with Gasteiger partial charge < -0.3 is 4.74 Å². The summed E-state index contributed by atoms with van der Waals surface area (Å²) < 4.78 is 5.76. The van der Waals surface area contributed by atoms with Crippen LogP contribution in [-0.4, -0.2) is 6.61 Å². The molecule has 0 heterocycles. The van der Waals surface area contributed by atoms with Crippen LogP contribution in [0.5, 0.6) is 5.75 Å². The second-order valence-electron chi connectivity index (χ2n) is 5.87. The number of hydrogen-bond donors (Lipinski definition) is 0. The Bertz CT molecular complexity index is 736. The molecule has 0 spiro atoms. The largest absolute Gasteiger partial charge is 0.494 e. The number of aryl methyl sites for hydroxylation is 1. The smallest absolute Gasteiger partial charge is 0.123 e. The van der Waals surface area contributed by atoms with E-state index in [0.29, 0.717) is 18.1 Å². The van der Waals surface area contributed by atoms with Crippen LogP contribution < -0.4 is 4.74 Å². The van der Waals surface area contributed by atoms with Crippen LogP contribution in [0.2, 0.25) is 0 Å². The highest BCUT2D eigenvalue weighted by Gasteiger charge is 2.11. The van der Waals surface area contributed by atoms with Crippen molar-refractivity contribution in [1.82, 2.24) is 0 Å². The fourth-order valence-corrected chi connectivity index (χ4v) is 2.56. The third-order valence-corrected chi connectivity index (χ3v) is 3.83. The van der Waals surface area contributed by atoms with Crippen LogP contribution in [0.4, 0.5) is 0 Å². The van der Waals surface area contributed by atoms with Crippen LogP contribution in [0.3, 0.4) is 0 Å². The fraction of sp³-hybridized carbons (Fsp3) is 0.286. The molecule has 0 atom stereocenters. The first-order valence-electron chi connectivity index (χ1n) is 8.01. The molecule has 2 nitrogen and oxygen atoms in total. The van der Waals surface area contributed by atoms with E-state index in [-0.39, 0.29) is 0 Å². The van der Waals surface area contributed by atoms with Crippen LogP contribution in [0, 0.1) is 18.3 Å². The molecule has 0 bridgehead atoms. The molecular weight excluding hydrogens is 282 g/mol. The number of nitrogens with zero attached hydrogens (tertiary/aromatic N) is 1. The second kappa shape index (κ2) is 7.65. The van der Waals surface area contributed by atoms with Crippen molar-refractivity contribution < 1.29 is 4.74 Å². The van der Waals surface area contributed by atoms with E-state index in [1.165, 1.54) is 5.56 Å². The van der Waals surface area contributed by atoms with E-state index in [2.05, 4.69) is 39.0 Å². The Kier molecular flexibility index (Phi) is 5.60. The predicted molar refractivity (Wildman–Crippen MR) is 96.4 cm³/mol. The summed E-state index contributed by atoms with van der Waals surface area (Å²) in [6.45, 7) is 9.02. The molecule has 0 saturated carbocycles. The maximum Gasteiger partial charge on any atom is 0.123 e. The fourth-order valence-electron chi connectivity index (χ4n) is 2.56. The summed E-state index contributed by atoms with van der Waals surface area (Å²) in [5, 5.41) is 9.51. The molecule has 2 heteroatoms. The summed E-state index contributed by atoms with van der Waals surface area (Å²) >= 11 is 0. The first-order valence-corrected chi connectivity index (χ1v) is 8.01. The van der Waals surface area contributed by atoms with Gasteiger partial charge in [-0.05, 0) is 60.2 Å². The lowest BCUT2D eigenvalue weighted by molar-refractivity contribution is 0.335. The zero-order valence-corrected chi connectivity index (χ0v) is 14.3. The van der Waals surface area contributed by atoms with E-state index >= 15 is 0 Å². The minimum absolute atomic E-state index is 0.367. The lowest BCUT2D eigenvalue weighted by Crippen LogP contribution is -2.00. The molecule has 0 N–H and O–H groups in total. The zero-order chi connectivity index (χ0) is 16.8. The quantitative estimate of drug-likeness (QED) is 0.533. The Labute approximate surface area is 139 Å². The van der Waals surface area contributed by atoms with Gasteiger partial charge in [-0.15, -0.1) is 0 Å². The second-order valence-corrected chi connectivity index (χ2v) is 5.87. The van der Waals surface area contributed by atoms with Crippen molar-refractivity contribution in [2.45, 2.75) is 33.6 Å². The van der Waals surface area contributed by atoms with E-state index in [1.807, 2.05) is 43.3 Å². The molecular formula is C21H23NO. The van der Waals surface area contributed by atoms with Crippen molar-refractivity contribution in [3.8, 4) is 11.8 Å². The molecule has 118 valence electrons.